The van der Waals surface area contributed by atoms with Crippen molar-refractivity contribution in [3.8, 4) is 0 Å². The summed E-state index contributed by atoms with van der Waals surface area (Å²) >= 11 is 0. The number of benzene rings is 1. The van der Waals surface area contributed by atoms with Gasteiger partial charge in [-0.15, -0.1) is 0 Å². The second-order valence-corrected chi connectivity index (χ2v) is 4.46. The van der Waals surface area contributed by atoms with E-state index in [0.717, 1.165) is 36.8 Å². The number of nitrogens with zero attached hydrogens (tertiary/aromatic N) is 1. The summed E-state index contributed by atoms with van der Waals surface area (Å²) in [7, 11) is 0. The van der Waals surface area contributed by atoms with Crippen molar-refractivity contribution in [2.24, 2.45) is 5.73 Å². The first-order valence-electron chi connectivity index (χ1n) is 6.39. The molecule has 3 nitrogen and oxygen atoms in total. The smallest absolute Gasteiger partial charge is 0.212 e. The topological polar surface area (TPSA) is 52.0 Å². The van der Waals surface area contributed by atoms with Gasteiger partial charge in [0.2, 0.25) is 5.89 Å². The van der Waals surface area contributed by atoms with Crippen molar-refractivity contribution >= 4 is 11.1 Å². The lowest BCUT2D eigenvalue weighted by Crippen LogP contribution is -2.10. The first-order chi connectivity index (χ1) is 8.24. The summed E-state index contributed by atoms with van der Waals surface area (Å²) in [5.41, 5.74) is 9.10. The van der Waals surface area contributed by atoms with E-state index in [1.54, 1.807) is 0 Å². The molecular formula is C14H20N2O. The molecule has 0 spiro atoms. The average molecular weight is 232 g/mol. The Kier molecular flexibility index (Phi) is 3.79. The van der Waals surface area contributed by atoms with Crippen LogP contribution >= 0.6 is 0 Å². The first kappa shape index (κ1) is 12.1. The van der Waals surface area contributed by atoms with Crippen molar-refractivity contribution in [2.75, 3.05) is 0 Å². The zero-order valence-corrected chi connectivity index (χ0v) is 10.6. The zero-order chi connectivity index (χ0) is 12.3. The SMILES string of the molecule is CCCCC(N)c1nc2cc(CC)ccc2o1. The van der Waals surface area contributed by atoms with Crippen molar-refractivity contribution in [3.05, 3.63) is 29.7 Å². The standard InChI is InChI=1S/C14H20N2O/c1-3-5-6-11(15)14-16-12-9-10(4-2)7-8-13(12)17-14/h7-9,11H,3-6,15H2,1-2H3. The van der Waals surface area contributed by atoms with Gasteiger partial charge in [-0.1, -0.05) is 32.8 Å². The Morgan fingerprint density at radius 3 is 2.88 bits per heavy atom. The van der Waals surface area contributed by atoms with Crippen LogP contribution in [0.15, 0.2) is 22.6 Å². The molecule has 0 aliphatic rings. The normalized spacial score (nSPS) is 13.1. The summed E-state index contributed by atoms with van der Waals surface area (Å²) in [6.45, 7) is 4.29. The number of fused-ring (bicyclic) bond motifs is 1. The van der Waals surface area contributed by atoms with Crippen LogP contribution < -0.4 is 5.73 Å². The molecule has 0 aliphatic heterocycles. The Bertz CT molecular complexity index is 490. The van der Waals surface area contributed by atoms with Crippen molar-refractivity contribution in [3.63, 3.8) is 0 Å². The van der Waals surface area contributed by atoms with Gasteiger partial charge in [-0.2, -0.15) is 0 Å². The Morgan fingerprint density at radius 2 is 2.18 bits per heavy atom. The minimum absolute atomic E-state index is 0.0765. The summed E-state index contributed by atoms with van der Waals surface area (Å²) < 4.78 is 5.69. The van der Waals surface area contributed by atoms with Gasteiger partial charge >= 0.3 is 0 Å². The quantitative estimate of drug-likeness (QED) is 0.857. The molecule has 0 aliphatic carbocycles. The Morgan fingerprint density at radius 1 is 1.35 bits per heavy atom. The highest BCUT2D eigenvalue weighted by atomic mass is 16.3. The third-order valence-electron chi connectivity index (χ3n) is 3.06. The van der Waals surface area contributed by atoms with Gasteiger partial charge in [-0.25, -0.2) is 4.98 Å². The molecule has 1 aromatic carbocycles. The third-order valence-corrected chi connectivity index (χ3v) is 3.06. The van der Waals surface area contributed by atoms with Crippen molar-refractivity contribution in [1.29, 1.82) is 0 Å². The molecule has 3 heteroatoms. The first-order valence-corrected chi connectivity index (χ1v) is 6.39. The van der Waals surface area contributed by atoms with Crippen LogP contribution in [0.5, 0.6) is 0 Å². The maximum atomic E-state index is 6.06. The second-order valence-electron chi connectivity index (χ2n) is 4.46. The molecule has 1 heterocycles. The van der Waals surface area contributed by atoms with Gasteiger partial charge in [-0.3, -0.25) is 0 Å². The molecule has 1 atom stereocenters. The van der Waals surface area contributed by atoms with E-state index in [4.69, 9.17) is 10.2 Å². The highest BCUT2D eigenvalue weighted by Gasteiger charge is 2.13. The number of hydrogen-bond donors (Lipinski definition) is 1. The molecular weight excluding hydrogens is 212 g/mol. The molecule has 2 aromatic rings. The van der Waals surface area contributed by atoms with E-state index in [-0.39, 0.29) is 6.04 Å². The summed E-state index contributed by atoms with van der Waals surface area (Å²) in [5.74, 6) is 0.668. The molecule has 17 heavy (non-hydrogen) atoms. The largest absolute Gasteiger partial charge is 0.439 e. The minimum atomic E-state index is -0.0765. The molecule has 2 N–H and O–H groups in total. The van der Waals surface area contributed by atoms with E-state index in [9.17, 15) is 0 Å². The molecule has 2 rings (SSSR count). The van der Waals surface area contributed by atoms with Gasteiger partial charge in [0, 0.05) is 0 Å². The van der Waals surface area contributed by atoms with Crippen LogP contribution in [0.25, 0.3) is 11.1 Å². The number of aromatic nitrogens is 1. The molecule has 92 valence electrons. The fraction of sp³-hybridized carbons (Fsp3) is 0.500. The van der Waals surface area contributed by atoms with E-state index in [0.29, 0.717) is 5.89 Å². The van der Waals surface area contributed by atoms with E-state index in [1.807, 2.05) is 6.07 Å². The van der Waals surface area contributed by atoms with Gasteiger partial charge < -0.3 is 10.2 Å². The summed E-state index contributed by atoms with van der Waals surface area (Å²) in [5, 5.41) is 0. The molecule has 1 unspecified atom stereocenters. The highest BCUT2D eigenvalue weighted by Crippen LogP contribution is 2.23. The number of nitrogens with two attached hydrogens (primary N) is 1. The van der Waals surface area contributed by atoms with Crippen molar-refractivity contribution in [2.45, 2.75) is 45.6 Å². The van der Waals surface area contributed by atoms with Gasteiger partial charge in [0.15, 0.2) is 5.58 Å². The fourth-order valence-corrected chi connectivity index (χ4v) is 1.92. The highest BCUT2D eigenvalue weighted by molar-refractivity contribution is 5.73. The summed E-state index contributed by atoms with van der Waals surface area (Å²) in [6.07, 6.45) is 4.21. The van der Waals surface area contributed by atoms with Crippen LogP contribution in [0, 0.1) is 0 Å². The van der Waals surface area contributed by atoms with Gasteiger partial charge in [0.05, 0.1) is 6.04 Å². The van der Waals surface area contributed by atoms with Gasteiger partial charge in [0.25, 0.3) is 0 Å². The Balaban J connectivity index is 2.24. The molecule has 1 aromatic heterocycles. The van der Waals surface area contributed by atoms with Crippen LogP contribution in [0.2, 0.25) is 0 Å². The van der Waals surface area contributed by atoms with Gasteiger partial charge in [-0.05, 0) is 30.5 Å². The molecule has 0 amide bonds. The zero-order valence-electron chi connectivity index (χ0n) is 10.6. The molecule has 0 saturated heterocycles. The third kappa shape index (κ3) is 2.67. The maximum Gasteiger partial charge on any atom is 0.212 e. The Hall–Kier alpha value is -1.35. The summed E-state index contributed by atoms with van der Waals surface area (Å²) in [6, 6.07) is 6.06. The number of unbranched alkanes of at least 4 members (excludes halogenated alkanes) is 1. The van der Waals surface area contributed by atoms with Crippen molar-refractivity contribution < 1.29 is 4.42 Å². The van der Waals surface area contributed by atoms with E-state index < -0.39 is 0 Å². The molecule has 0 radical (unpaired) electrons. The van der Waals surface area contributed by atoms with E-state index >= 15 is 0 Å². The van der Waals surface area contributed by atoms with Crippen LogP contribution in [-0.2, 0) is 6.42 Å². The average Bonchev–Trinajstić information content (AvgIpc) is 2.78. The lowest BCUT2D eigenvalue weighted by Gasteiger charge is -2.04. The van der Waals surface area contributed by atoms with E-state index in [1.165, 1.54) is 5.56 Å². The van der Waals surface area contributed by atoms with Crippen LogP contribution in [0.1, 0.15) is 50.6 Å². The van der Waals surface area contributed by atoms with Gasteiger partial charge in [0.1, 0.15) is 5.52 Å². The second kappa shape index (κ2) is 5.32. The van der Waals surface area contributed by atoms with Crippen LogP contribution in [0.3, 0.4) is 0 Å². The Labute approximate surface area is 102 Å². The fourth-order valence-electron chi connectivity index (χ4n) is 1.92. The number of hydrogen-bond acceptors (Lipinski definition) is 3. The van der Waals surface area contributed by atoms with Crippen LogP contribution in [0.4, 0.5) is 0 Å². The van der Waals surface area contributed by atoms with Crippen molar-refractivity contribution in [1.82, 2.24) is 4.98 Å². The number of oxazole rings is 1. The lowest BCUT2D eigenvalue weighted by atomic mass is 10.1. The maximum absolute atomic E-state index is 6.06. The lowest BCUT2D eigenvalue weighted by molar-refractivity contribution is 0.450. The predicted octanol–water partition coefficient (Wildman–Crippen LogP) is 3.58. The molecule has 0 fully saturated rings. The molecule has 0 bridgehead atoms. The monoisotopic (exact) mass is 232 g/mol. The number of rotatable bonds is 5. The van der Waals surface area contributed by atoms with Crippen LogP contribution in [-0.4, -0.2) is 4.98 Å². The molecule has 0 saturated carbocycles. The summed E-state index contributed by atoms with van der Waals surface area (Å²) in [4.78, 5) is 4.48. The predicted molar refractivity (Wildman–Crippen MR) is 69.8 cm³/mol. The number of aryl methyl sites for hydroxylation is 1. The van der Waals surface area contributed by atoms with E-state index in [2.05, 4.69) is 31.0 Å². The minimum Gasteiger partial charge on any atom is -0.439 e.